The Bertz CT molecular complexity index is 866. The molecule has 0 aromatic carbocycles. The first-order valence-electron chi connectivity index (χ1n) is 7.88. The van der Waals surface area contributed by atoms with Crippen molar-refractivity contribution in [1.29, 1.82) is 0 Å². The van der Waals surface area contributed by atoms with E-state index in [0.29, 0.717) is 19.0 Å². The van der Waals surface area contributed by atoms with Gasteiger partial charge in [0.05, 0.1) is 0 Å². The molecular weight excluding hydrogens is 314 g/mol. The number of nitrogens with zero attached hydrogens (tertiary/aromatic N) is 3. The van der Waals surface area contributed by atoms with Crippen LogP contribution >= 0.6 is 0 Å². The van der Waals surface area contributed by atoms with Gasteiger partial charge >= 0.3 is 5.97 Å². The maximum Gasteiger partial charge on any atom is 0.340 e. The average Bonchev–Trinajstić information content (AvgIpc) is 2.87. The van der Waals surface area contributed by atoms with Crippen molar-refractivity contribution < 1.29 is 19.1 Å². The van der Waals surface area contributed by atoms with Crippen LogP contribution in [0.3, 0.4) is 0 Å². The van der Waals surface area contributed by atoms with Crippen molar-refractivity contribution in [3.63, 3.8) is 0 Å². The number of carbonyl (C=O) groups excluding carboxylic acids is 1. The summed E-state index contributed by atoms with van der Waals surface area (Å²) in [6.07, 6.45) is 3.27. The number of furan rings is 1. The molecule has 0 radical (unpaired) electrons. The monoisotopic (exact) mass is 333 g/mol. The van der Waals surface area contributed by atoms with Crippen LogP contribution < -0.4 is 5.56 Å². The first-order chi connectivity index (χ1) is 11.4. The standard InChI is InChI=1S/C16H19N3O5/c1-9-4-3-5-18(6-9)11(20)7-19-8-17-14-13(15(19)21)12(16(22)23)10(2)24-14/h8-9H,3-7H2,1-2H3,(H,22,23)/t9-/m1/s1. The van der Waals surface area contributed by atoms with E-state index in [1.165, 1.54) is 13.3 Å². The van der Waals surface area contributed by atoms with Gasteiger partial charge in [-0.15, -0.1) is 0 Å². The molecule has 1 aliphatic heterocycles. The van der Waals surface area contributed by atoms with Gasteiger partial charge in [-0.2, -0.15) is 0 Å². The molecule has 0 bridgehead atoms. The first-order valence-corrected chi connectivity index (χ1v) is 7.88. The van der Waals surface area contributed by atoms with Gasteiger partial charge in [0.1, 0.15) is 29.6 Å². The van der Waals surface area contributed by atoms with Crippen molar-refractivity contribution in [1.82, 2.24) is 14.5 Å². The molecule has 2 aromatic heterocycles. The second kappa shape index (κ2) is 6.10. The Morgan fingerprint density at radius 1 is 1.46 bits per heavy atom. The third-order valence-electron chi connectivity index (χ3n) is 4.38. The third kappa shape index (κ3) is 2.79. The van der Waals surface area contributed by atoms with E-state index in [9.17, 15) is 19.5 Å². The van der Waals surface area contributed by atoms with Gasteiger partial charge in [0.15, 0.2) is 0 Å². The first kappa shape index (κ1) is 16.2. The number of aromatic carboxylic acids is 1. The van der Waals surface area contributed by atoms with Crippen LogP contribution in [0.1, 0.15) is 35.9 Å². The van der Waals surface area contributed by atoms with Crippen molar-refractivity contribution >= 4 is 23.0 Å². The number of rotatable bonds is 3. The zero-order valence-corrected chi connectivity index (χ0v) is 13.6. The van der Waals surface area contributed by atoms with Crippen molar-refractivity contribution in [3.05, 3.63) is 28.0 Å². The van der Waals surface area contributed by atoms with E-state index in [1.807, 2.05) is 0 Å². The second-order valence-electron chi connectivity index (χ2n) is 6.28. The van der Waals surface area contributed by atoms with Gasteiger partial charge in [0.25, 0.3) is 5.56 Å². The molecule has 0 unspecified atom stereocenters. The molecule has 2 aromatic rings. The molecule has 8 heteroatoms. The zero-order chi connectivity index (χ0) is 17.4. The normalized spacial score (nSPS) is 18.1. The van der Waals surface area contributed by atoms with Crippen molar-refractivity contribution in [2.45, 2.75) is 33.2 Å². The summed E-state index contributed by atoms with van der Waals surface area (Å²) in [5, 5.41) is 9.18. The predicted octanol–water partition coefficient (Wildman–Crippen LogP) is 1.25. The molecule has 3 rings (SSSR count). The molecule has 1 saturated heterocycles. The number of likely N-dealkylation sites (tertiary alicyclic amines) is 1. The number of fused-ring (bicyclic) bond motifs is 1. The maximum atomic E-state index is 12.6. The number of carboxylic acid groups (broad SMARTS) is 1. The van der Waals surface area contributed by atoms with Crippen LogP contribution in [0.15, 0.2) is 15.5 Å². The fraction of sp³-hybridized carbons (Fsp3) is 0.500. The highest BCUT2D eigenvalue weighted by Gasteiger charge is 2.25. The Hall–Kier alpha value is -2.64. The topological polar surface area (TPSA) is 106 Å². The van der Waals surface area contributed by atoms with Crippen LogP contribution in [0.25, 0.3) is 11.1 Å². The van der Waals surface area contributed by atoms with E-state index in [1.54, 1.807) is 4.90 Å². The SMILES string of the molecule is Cc1oc2ncn(CC(=O)N3CCC[C@@H](C)C3)c(=O)c2c1C(=O)O. The summed E-state index contributed by atoms with van der Waals surface area (Å²) in [5.74, 6) is -0.854. The number of aromatic nitrogens is 2. The molecule has 1 atom stereocenters. The van der Waals surface area contributed by atoms with E-state index in [2.05, 4.69) is 11.9 Å². The molecule has 128 valence electrons. The number of hydrogen-bond acceptors (Lipinski definition) is 5. The van der Waals surface area contributed by atoms with Gasteiger partial charge in [-0.3, -0.25) is 14.2 Å². The van der Waals surface area contributed by atoms with Crippen LogP contribution in [0.2, 0.25) is 0 Å². The Kier molecular flexibility index (Phi) is 4.13. The highest BCUT2D eigenvalue weighted by molar-refractivity contribution is 6.02. The lowest BCUT2D eigenvalue weighted by atomic mass is 10.0. The number of carboxylic acids is 1. The number of aryl methyl sites for hydroxylation is 1. The van der Waals surface area contributed by atoms with Gasteiger partial charge in [0, 0.05) is 13.1 Å². The zero-order valence-electron chi connectivity index (χ0n) is 13.6. The minimum Gasteiger partial charge on any atom is -0.478 e. The molecule has 0 saturated carbocycles. The minimum atomic E-state index is -1.25. The van der Waals surface area contributed by atoms with Gasteiger partial charge in [-0.05, 0) is 25.7 Å². The fourth-order valence-corrected chi connectivity index (χ4v) is 3.17. The minimum absolute atomic E-state index is 0.0230. The highest BCUT2D eigenvalue weighted by Crippen LogP contribution is 2.21. The van der Waals surface area contributed by atoms with E-state index < -0.39 is 11.5 Å². The predicted molar refractivity (Wildman–Crippen MR) is 84.9 cm³/mol. The average molecular weight is 333 g/mol. The van der Waals surface area contributed by atoms with E-state index in [4.69, 9.17) is 4.42 Å². The van der Waals surface area contributed by atoms with Crippen molar-refractivity contribution in [2.75, 3.05) is 13.1 Å². The summed E-state index contributed by atoms with van der Waals surface area (Å²) in [4.78, 5) is 42.1. The molecule has 1 amide bonds. The lowest BCUT2D eigenvalue weighted by molar-refractivity contribution is -0.133. The Morgan fingerprint density at radius 2 is 2.21 bits per heavy atom. The summed E-state index contributed by atoms with van der Waals surface area (Å²) >= 11 is 0. The van der Waals surface area contributed by atoms with Crippen LogP contribution in [0.4, 0.5) is 0 Å². The van der Waals surface area contributed by atoms with Crippen LogP contribution in [0.5, 0.6) is 0 Å². The van der Waals surface area contributed by atoms with Gasteiger partial charge in [0.2, 0.25) is 11.6 Å². The maximum absolute atomic E-state index is 12.6. The number of carbonyl (C=O) groups is 2. The smallest absolute Gasteiger partial charge is 0.340 e. The van der Waals surface area contributed by atoms with Gasteiger partial charge in [-0.1, -0.05) is 6.92 Å². The summed E-state index contributed by atoms with van der Waals surface area (Å²) in [5.41, 5.74) is -0.797. The molecule has 3 heterocycles. The Morgan fingerprint density at radius 3 is 2.88 bits per heavy atom. The van der Waals surface area contributed by atoms with Crippen LogP contribution in [-0.4, -0.2) is 44.5 Å². The van der Waals surface area contributed by atoms with Crippen LogP contribution in [-0.2, 0) is 11.3 Å². The van der Waals surface area contributed by atoms with E-state index in [-0.39, 0.29) is 34.9 Å². The Labute approximate surface area is 137 Å². The van der Waals surface area contributed by atoms with Crippen molar-refractivity contribution in [3.8, 4) is 0 Å². The second-order valence-corrected chi connectivity index (χ2v) is 6.28. The summed E-state index contributed by atoms with van der Waals surface area (Å²) in [6, 6.07) is 0. The molecule has 0 aliphatic carbocycles. The lowest BCUT2D eigenvalue weighted by Crippen LogP contribution is -2.42. The molecule has 8 nitrogen and oxygen atoms in total. The van der Waals surface area contributed by atoms with Crippen molar-refractivity contribution in [2.24, 2.45) is 5.92 Å². The van der Waals surface area contributed by atoms with Crippen LogP contribution in [0, 0.1) is 12.8 Å². The molecule has 1 fully saturated rings. The number of amides is 1. The molecule has 24 heavy (non-hydrogen) atoms. The summed E-state index contributed by atoms with van der Waals surface area (Å²) in [7, 11) is 0. The molecule has 1 aliphatic rings. The summed E-state index contributed by atoms with van der Waals surface area (Å²) in [6.45, 7) is 4.76. The number of piperidine rings is 1. The largest absolute Gasteiger partial charge is 0.478 e. The van der Waals surface area contributed by atoms with E-state index in [0.717, 1.165) is 17.4 Å². The van der Waals surface area contributed by atoms with E-state index >= 15 is 0 Å². The van der Waals surface area contributed by atoms with Gasteiger partial charge in [-0.25, -0.2) is 9.78 Å². The molecule has 0 spiro atoms. The quantitative estimate of drug-likeness (QED) is 0.906. The fourth-order valence-electron chi connectivity index (χ4n) is 3.17. The van der Waals surface area contributed by atoms with Gasteiger partial charge < -0.3 is 14.4 Å². The lowest BCUT2D eigenvalue weighted by Gasteiger charge is -2.31. The molecular formula is C16H19N3O5. The Balaban J connectivity index is 1.94. The highest BCUT2D eigenvalue weighted by atomic mass is 16.4. The third-order valence-corrected chi connectivity index (χ3v) is 4.38. The summed E-state index contributed by atoms with van der Waals surface area (Å²) < 4.78 is 6.38. The number of hydrogen-bond donors (Lipinski definition) is 1. The molecule has 1 N–H and O–H groups in total.